The van der Waals surface area contributed by atoms with E-state index in [9.17, 15) is 14.4 Å². The van der Waals surface area contributed by atoms with E-state index in [4.69, 9.17) is 32.4 Å². The van der Waals surface area contributed by atoms with Crippen molar-refractivity contribution in [3.63, 3.8) is 0 Å². The van der Waals surface area contributed by atoms with Crippen molar-refractivity contribution < 1.29 is 18.7 Å². The van der Waals surface area contributed by atoms with Gasteiger partial charge in [-0.05, 0) is 31.2 Å². The molecule has 140 valence electrons. The standard InChI is InChI=1S/C19H15Cl2NO5/c1-11(18(24)12-3-2-4-13(20)9-12)26-17(23)7-8-22-15-6-5-14(21)10-16(15)27-19(22)25/h2-6,9-11H,7-8H2,1H3/t11-/m1/s1. The van der Waals surface area contributed by atoms with E-state index in [1.54, 1.807) is 30.3 Å². The normalized spacial score (nSPS) is 12.1. The Morgan fingerprint density at radius 2 is 1.89 bits per heavy atom. The lowest BCUT2D eigenvalue weighted by molar-refractivity contribution is -0.146. The zero-order chi connectivity index (χ0) is 19.6. The summed E-state index contributed by atoms with van der Waals surface area (Å²) in [4.78, 5) is 36.3. The van der Waals surface area contributed by atoms with E-state index in [0.717, 1.165) is 0 Å². The van der Waals surface area contributed by atoms with Crippen LogP contribution in [0.5, 0.6) is 0 Å². The van der Waals surface area contributed by atoms with Crippen LogP contribution in [-0.4, -0.2) is 22.4 Å². The van der Waals surface area contributed by atoms with Crippen LogP contribution >= 0.6 is 23.2 Å². The van der Waals surface area contributed by atoms with Crippen molar-refractivity contribution in [2.75, 3.05) is 0 Å². The molecule has 1 aromatic heterocycles. The minimum absolute atomic E-state index is 0.0599. The van der Waals surface area contributed by atoms with Gasteiger partial charge in [-0.25, -0.2) is 4.79 Å². The highest BCUT2D eigenvalue weighted by molar-refractivity contribution is 6.31. The molecule has 2 aromatic carbocycles. The van der Waals surface area contributed by atoms with E-state index < -0.39 is 17.8 Å². The lowest BCUT2D eigenvalue weighted by Crippen LogP contribution is -2.25. The van der Waals surface area contributed by atoms with E-state index in [1.807, 2.05) is 0 Å². The number of hydrogen-bond donors (Lipinski definition) is 0. The largest absolute Gasteiger partial charge is 0.454 e. The minimum Gasteiger partial charge on any atom is -0.454 e. The molecule has 6 nitrogen and oxygen atoms in total. The molecular weight excluding hydrogens is 393 g/mol. The second-order valence-electron chi connectivity index (χ2n) is 5.89. The Balaban J connectivity index is 1.64. The van der Waals surface area contributed by atoms with Crippen molar-refractivity contribution >= 4 is 46.1 Å². The molecule has 0 spiro atoms. The number of aromatic nitrogens is 1. The first-order chi connectivity index (χ1) is 12.8. The van der Waals surface area contributed by atoms with Crippen molar-refractivity contribution in [1.29, 1.82) is 0 Å². The Hall–Kier alpha value is -2.57. The van der Waals surface area contributed by atoms with Crippen LogP contribution in [0.25, 0.3) is 11.1 Å². The molecule has 0 aliphatic carbocycles. The maximum atomic E-state index is 12.3. The molecule has 0 fully saturated rings. The zero-order valence-electron chi connectivity index (χ0n) is 14.3. The van der Waals surface area contributed by atoms with Gasteiger partial charge in [-0.2, -0.15) is 0 Å². The molecule has 0 radical (unpaired) electrons. The second kappa shape index (κ2) is 7.98. The van der Waals surface area contributed by atoms with Gasteiger partial charge in [0.15, 0.2) is 11.7 Å². The van der Waals surface area contributed by atoms with Gasteiger partial charge in [0.1, 0.15) is 0 Å². The first-order valence-corrected chi connectivity index (χ1v) is 8.89. The quantitative estimate of drug-likeness (QED) is 0.453. The Kier molecular flexibility index (Phi) is 5.68. The van der Waals surface area contributed by atoms with Crippen LogP contribution in [0, 0.1) is 0 Å². The van der Waals surface area contributed by atoms with Gasteiger partial charge >= 0.3 is 11.7 Å². The summed E-state index contributed by atoms with van der Waals surface area (Å²) in [6.07, 6.45) is -1.06. The van der Waals surface area contributed by atoms with E-state index in [0.29, 0.717) is 26.7 Å². The Morgan fingerprint density at radius 1 is 1.15 bits per heavy atom. The highest BCUT2D eigenvalue weighted by atomic mass is 35.5. The summed E-state index contributed by atoms with van der Waals surface area (Å²) >= 11 is 11.7. The van der Waals surface area contributed by atoms with Crippen LogP contribution < -0.4 is 5.76 Å². The van der Waals surface area contributed by atoms with Crippen molar-refractivity contribution in [2.24, 2.45) is 0 Å². The number of esters is 1. The topological polar surface area (TPSA) is 78.5 Å². The number of ether oxygens (including phenoxy) is 1. The number of fused-ring (bicyclic) bond motifs is 1. The smallest absolute Gasteiger partial charge is 0.419 e. The number of carbonyl (C=O) groups is 2. The maximum Gasteiger partial charge on any atom is 0.419 e. The van der Waals surface area contributed by atoms with E-state index in [-0.39, 0.29) is 18.7 Å². The lowest BCUT2D eigenvalue weighted by Gasteiger charge is -2.12. The van der Waals surface area contributed by atoms with Crippen LogP contribution in [0.4, 0.5) is 0 Å². The average Bonchev–Trinajstić information content (AvgIpc) is 2.93. The zero-order valence-corrected chi connectivity index (χ0v) is 15.8. The van der Waals surface area contributed by atoms with E-state index in [1.165, 1.54) is 23.6 Å². The summed E-state index contributed by atoms with van der Waals surface area (Å²) in [7, 11) is 0. The molecule has 0 amide bonds. The third kappa shape index (κ3) is 4.40. The van der Waals surface area contributed by atoms with Gasteiger partial charge in [0.05, 0.1) is 11.9 Å². The molecule has 27 heavy (non-hydrogen) atoms. The third-order valence-corrected chi connectivity index (χ3v) is 4.43. The highest BCUT2D eigenvalue weighted by Crippen LogP contribution is 2.19. The van der Waals surface area contributed by atoms with Crippen molar-refractivity contribution in [2.45, 2.75) is 26.0 Å². The molecule has 3 rings (SSSR count). The predicted octanol–water partition coefficient (Wildman–Crippen LogP) is 4.11. The number of oxazole rings is 1. The van der Waals surface area contributed by atoms with Crippen LogP contribution in [-0.2, 0) is 16.1 Å². The first kappa shape index (κ1) is 19.2. The van der Waals surface area contributed by atoms with Gasteiger partial charge in [-0.1, -0.05) is 35.3 Å². The highest BCUT2D eigenvalue weighted by Gasteiger charge is 2.20. The average molecular weight is 408 g/mol. The number of halogens is 2. The Bertz CT molecular complexity index is 1070. The summed E-state index contributed by atoms with van der Waals surface area (Å²) < 4.78 is 11.6. The first-order valence-electron chi connectivity index (χ1n) is 8.13. The van der Waals surface area contributed by atoms with Crippen LogP contribution in [0.15, 0.2) is 51.7 Å². The van der Waals surface area contributed by atoms with E-state index in [2.05, 4.69) is 0 Å². The lowest BCUT2D eigenvalue weighted by atomic mass is 10.1. The van der Waals surface area contributed by atoms with Crippen LogP contribution in [0.3, 0.4) is 0 Å². The van der Waals surface area contributed by atoms with Gasteiger partial charge < -0.3 is 9.15 Å². The van der Waals surface area contributed by atoms with Crippen molar-refractivity contribution in [3.8, 4) is 0 Å². The van der Waals surface area contributed by atoms with Gasteiger partial charge in [0, 0.05) is 28.2 Å². The Labute approximate surface area is 164 Å². The minimum atomic E-state index is -0.965. The molecule has 8 heteroatoms. The fourth-order valence-corrected chi connectivity index (χ4v) is 2.99. The molecule has 0 unspecified atom stereocenters. The number of carbonyl (C=O) groups excluding carboxylic acids is 2. The molecule has 0 aliphatic heterocycles. The number of ketones is 1. The summed E-state index contributed by atoms with van der Waals surface area (Å²) in [6, 6.07) is 11.2. The molecule has 0 saturated heterocycles. The monoisotopic (exact) mass is 407 g/mol. The number of nitrogens with zero attached hydrogens (tertiary/aromatic N) is 1. The molecule has 3 aromatic rings. The molecule has 0 bridgehead atoms. The van der Waals surface area contributed by atoms with E-state index >= 15 is 0 Å². The van der Waals surface area contributed by atoms with Crippen molar-refractivity contribution in [3.05, 3.63) is 68.6 Å². The molecule has 0 saturated carbocycles. The van der Waals surface area contributed by atoms with Gasteiger partial charge in [0.2, 0.25) is 5.78 Å². The number of Topliss-reactive ketones (excluding diaryl/α,β-unsaturated/α-hetero) is 1. The number of rotatable bonds is 6. The molecular formula is C19H15Cl2NO5. The predicted molar refractivity (Wildman–Crippen MR) is 101 cm³/mol. The molecule has 0 N–H and O–H groups in total. The van der Waals surface area contributed by atoms with Crippen LogP contribution in [0.1, 0.15) is 23.7 Å². The number of benzene rings is 2. The molecule has 0 aliphatic rings. The summed E-state index contributed by atoms with van der Waals surface area (Å²) in [5, 5.41) is 0.863. The molecule has 1 heterocycles. The number of hydrogen-bond acceptors (Lipinski definition) is 5. The fraction of sp³-hybridized carbons (Fsp3) is 0.211. The van der Waals surface area contributed by atoms with Gasteiger partial charge in [-0.3, -0.25) is 14.2 Å². The Morgan fingerprint density at radius 3 is 2.63 bits per heavy atom. The SMILES string of the molecule is C[C@@H](OC(=O)CCn1c(=O)oc2cc(Cl)ccc21)C(=O)c1cccc(Cl)c1. The third-order valence-electron chi connectivity index (χ3n) is 3.96. The summed E-state index contributed by atoms with van der Waals surface area (Å²) in [5.74, 6) is -1.55. The van der Waals surface area contributed by atoms with Crippen molar-refractivity contribution in [1.82, 2.24) is 4.57 Å². The number of aryl methyl sites for hydroxylation is 1. The second-order valence-corrected chi connectivity index (χ2v) is 6.76. The van der Waals surface area contributed by atoms with Crippen LogP contribution in [0.2, 0.25) is 10.0 Å². The maximum absolute atomic E-state index is 12.3. The summed E-state index contributed by atoms with van der Waals surface area (Å²) in [5.41, 5.74) is 1.22. The fourth-order valence-electron chi connectivity index (χ4n) is 2.64. The summed E-state index contributed by atoms with van der Waals surface area (Å²) in [6.45, 7) is 1.55. The van der Waals surface area contributed by atoms with Gasteiger partial charge in [0.25, 0.3) is 0 Å². The van der Waals surface area contributed by atoms with Gasteiger partial charge in [-0.15, -0.1) is 0 Å². The molecule has 1 atom stereocenters.